The number of carbonyl (C=O) groups excluding carboxylic acids is 1. The van der Waals surface area contributed by atoms with Crippen LogP contribution in [0.25, 0.3) is 0 Å². The van der Waals surface area contributed by atoms with E-state index in [-0.39, 0.29) is 12.5 Å². The molecule has 1 fully saturated rings. The zero-order chi connectivity index (χ0) is 14.0. The number of hydrogen-bond acceptors (Lipinski definition) is 4. The number of hydrogen-bond donors (Lipinski definition) is 3. The Hall–Kier alpha value is -1.14. The number of nitrogens with zero attached hydrogens (tertiary/aromatic N) is 1. The molecule has 0 aromatic carbocycles. The van der Waals surface area contributed by atoms with Crippen LogP contribution >= 0.6 is 0 Å². The molecule has 4 atom stereocenters. The van der Waals surface area contributed by atoms with E-state index >= 15 is 0 Å². The van der Waals surface area contributed by atoms with E-state index in [1.54, 1.807) is 13.8 Å². The van der Waals surface area contributed by atoms with Crippen LogP contribution in [0.2, 0.25) is 0 Å². The molecule has 1 heterocycles. The molecule has 3 N–H and O–H groups in total. The summed E-state index contributed by atoms with van der Waals surface area (Å²) in [6.07, 6.45) is -1.79. The van der Waals surface area contributed by atoms with Crippen molar-refractivity contribution in [2.24, 2.45) is 11.8 Å². The minimum Gasteiger partial charge on any atom is -0.480 e. The summed E-state index contributed by atoms with van der Waals surface area (Å²) in [6.45, 7) is 5.55. The van der Waals surface area contributed by atoms with Gasteiger partial charge in [0.1, 0.15) is 0 Å². The minimum atomic E-state index is -1.36. The van der Waals surface area contributed by atoms with Crippen molar-refractivity contribution >= 4 is 11.9 Å². The summed E-state index contributed by atoms with van der Waals surface area (Å²) < 4.78 is 0. The van der Waals surface area contributed by atoms with Gasteiger partial charge in [0, 0.05) is 6.54 Å². The second-order valence-electron chi connectivity index (χ2n) is 5.07. The molecule has 6 nitrogen and oxygen atoms in total. The maximum Gasteiger partial charge on any atom is 0.329 e. The van der Waals surface area contributed by atoms with Crippen molar-refractivity contribution in [2.45, 2.75) is 45.4 Å². The summed E-state index contributed by atoms with van der Waals surface area (Å²) in [5.41, 5.74) is 0. The zero-order valence-corrected chi connectivity index (χ0v) is 10.9. The summed E-state index contributed by atoms with van der Waals surface area (Å²) in [6, 6.07) is -1.25. The highest BCUT2D eigenvalue weighted by atomic mass is 16.4. The van der Waals surface area contributed by atoms with Gasteiger partial charge in [0.15, 0.2) is 6.04 Å². The SMILES string of the molecule is CCCN1C(=O)[C@H]([C@@H](O)C(C)C)[C@H](O)[C@@H]1C(=O)O. The van der Waals surface area contributed by atoms with Crippen LogP contribution in [0, 0.1) is 11.8 Å². The van der Waals surface area contributed by atoms with Gasteiger partial charge in [-0.25, -0.2) is 4.79 Å². The molecule has 6 heteroatoms. The molecule has 0 aromatic heterocycles. The summed E-state index contributed by atoms with van der Waals surface area (Å²) in [5, 5.41) is 29.1. The quantitative estimate of drug-likeness (QED) is 0.629. The van der Waals surface area contributed by atoms with Crippen LogP contribution in [-0.2, 0) is 9.59 Å². The first-order valence-electron chi connectivity index (χ1n) is 6.22. The number of carboxylic acid groups (broad SMARTS) is 1. The lowest BCUT2D eigenvalue weighted by molar-refractivity contribution is -0.148. The Bertz CT molecular complexity index is 330. The number of carbonyl (C=O) groups is 2. The van der Waals surface area contributed by atoms with Gasteiger partial charge in [0.05, 0.1) is 18.1 Å². The molecular weight excluding hydrogens is 238 g/mol. The Balaban J connectivity index is 3.02. The Kier molecular flexibility index (Phi) is 4.70. The van der Waals surface area contributed by atoms with E-state index in [9.17, 15) is 19.8 Å². The number of aliphatic hydroxyl groups excluding tert-OH is 2. The van der Waals surface area contributed by atoms with Gasteiger partial charge < -0.3 is 20.2 Å². The number of carboxylic acids is 1. The number of amides is 1. The third-order valence-electron chi connectivity index (χ3n) is 3.36. The highest BCUT2D eigenvalue weighted by Crippen LogP contribution is 2.31. The predicted octanol–water partition coefficient (Wildman–Crippen LogP) is -0.314. The molecule has 104 valence electrons. The average molecular weight is 259 g/mol. The predicted molar refractivity (Wildman–Crippen MR) is 63.8 cm³/mol. The molecule has 0 bridgehead atoms. The summed E-state index contributed by atoms with van der Waals surface area (Å²) >= 11 is 0. The summed E-state index contributed by atoms with van der Waals surface area (Å²) in [5.74, 6) is -2.97. The molecule has 1 aliphatic heterocycles. The molecule has 1 amide bonds. The van der Waals surface area contributed by atoms with E-state index in [1.165, 1.54) is 0 Å². The van der Waals surface area contributed by atoms with Crippen molar-refractivity contribution in [1.29, 1.82) is 0 Å². The van der Waals surface area contributed by atoms with Crippen molar-refractivity contribution in [3.63, 3.8) is 0 Å². The molecular formula is C12H21NO5. The van der Waals surface area contributed by atoms with Crippen LogP contribution in [-0.4, -0.2) is 56.9 Å². The number of aliphatic carboxylic acids is 1. The first kappa shape index (κ1) is 14.9. The maximum atomic E-state index is 12.1. The topological polar surface area (TPSA) is 98.1 Å². The van der Waals surface area contributed by atoms with Crippen molar-refractivity contribution in [3.05, 3.63) is 0 Å². The number of aliphatic hydroxyl groups is 2. The number of likely N-dealkylation sites (tertiary alicyclic amines) is 1. The largest absolute Gasteiger partial charge is 0.480 e. The molecule has 0 saturated carbocycles. The Morgan fingerprint density at radius 2 is 2.00 bits per heavy atom. The fourth-order valence-corrected chi connectivity index (χ4v) is 2.39. The van der Waals surface area contributed by atoms with Crippen LogP contribution in [0.3, 0.4) is 0 Å². The van der Waals surface area contributed by atoms with Gasteiger partial charge >= 0.3 is 5.97 Å². The van der Waals surface area contributed by atoms with Gasteiger partial charge in [0.2, 0.25) is 5.91 Å². The molecule has 1 aliphatic rings. The zero-order valence-electron chi connectivity index (χ0n) is 10.9. The molecule has 0 spiro atoms. The average Bonchev–Trinajstić information content (AvgIpc) is 2.50. The Labute approximate surface area is 106 Å². The minimum absolute atomic E-state index is 0.218. The highest BCUT2D eigenvalue weighted by Gasteiger charge is 2.53. The molecule has 0 unspecified atom stereocenters. The first-order chi connectivity index (χ1) is 8.32. The van der Waals surface area contributed by atoms with Gasteiger partial charge in [-0.05, 0) is 12.3 Å². The van der Waals surface area contributed by atoms with Crippen LogP contribution in [0.1, 0.15) is 27.2 Å². The standard InChI is InChI=1S/C12H21NO5/c1-4-5-13-8(12(17)18)10(15)7(11(13)16)9(14)6(2)3/h6-10,14-15H,4-5H2,1-3H3,(H,17,18)/t7-,8-,9+,10+/m1/s1. The van der Waals surface area contributed by atoms with Gasteiger partial charge in [0.25, 0.3) is 0 Å². The van der Waals surface area contributed by atoms with Crippen LogP contribution < -0.4 is 0 Å². The second-order valence-corrected chi connectivity index (χ2v) is 5.07. The van der Waals surface area contributed by atoms with Crippen LogP contribution in [0.15, 0.2) is 0 Å². The van der Waals surface area contributed by atoms with E-state index < -0.39 is 36.0 Å². The molecule has 0 aliphatic carbocycles. The van der Waals surface area contributed by atoms with Gasteiger partial charge in [-0.1, -0.05) is 20.8 Å². The van der Waals surface area contributed by atoms with Crippen LogP contribution in [0.4, 0.5) is 0 Å². The van der Waals surface area contributed by atoms with E-state index in [0.717, 1.165) is 4.90 Å². The van der Waals surface area contributed by atoms with E-state index in [0.29, 0.717) is 6.42 Å². The van der Waals surface area contributed by atoms with Gasteiger partial charge in [-0.15, -0.1) is 0 Å². The van der Waals surface area contributed by atoms with E-state index in [4.69, 9.17) is 5.11 Å². The Morgan fingerprint density at radius 3 is 2.39 bits per heavy atom. The fraction of sp³-hybridized carbons (Fsp3) is 0.833. The molecule has 1 rings (SSSR count). The van der Waals surface area contributed by atoms with Crippen molar-refractivity contribution in [2.75, 3.05) is 6.54 Å². The summed E-state index contributed by atoms with van der Waals surface area (Å²) in [7, 11) is 0. The fourth-order valence-electron chi connectivity index (χ4n) is 2.39. The third kappa shape index (κ3) is 2.49. The monoisotopic (exact) mass is 259 g/mol. The number of rotatable bonds is 5. The molecule has 18 heavy (non-hydrogen) atoms. The normalized spacial score (nSPS) is 30.0. The van der Waals surface area contributed by atoms with E-state index in [2.05, 4.69) is 0 Å². The molecule has 0 radical (unpaired) electrons. The van der Waals surface area contributed by atoms with Gasteiger partial charge in [-0.2, -0.15) is 0 Å². The molecule has 1 saturated heterocycles. The smallest absolute Gasteiger partial charge is 0.329 e. The van der Waals surface area contributed by atoms with Crippen molar-refractivity contribution < 1.29 is 24.9 Å². The summed E-state index contributed by atoms with van der Waals surface area (Å²) in [4.78, 5) is 24.4. The maximum absolute atomic E-state index is 12.1. The lowest BCUT2D eigenvalue weighted by atomic mass is 9.88. The van der Waals surface area contributed by atoms with Crippen molar-refractivity contribution in [1.82, 2.24) is 4.90 Å². The molecule has 0 aromatic rings. The second kappa shape index (κ2) is 5.67. The van der Waals surface area contributed by atoms with Gasteiger partial charge in [-0.3, -0.25) is 4.79 Å². The third-order valence-corrected chi connectivity index (χ3v) is 3.36. The van der Waals surface area contributed by atoms with E-state index in [1.807, 2.05) is 6.92 Å². The first-order valence-corrected chi connectivity index (χ1v) is 6.22. The van der Waals surface area contributed by atoms with Crippen LogP contribution in [0.5, 0.6) is 0 Å². The Morgan fingerprint density at radius 1 is 1.44 bits per heavy atom. The lowest BCUT2D eigenvalue weighted by Gasteiger charge is -2.22. The lowest BCUT2D eigenvalue weighted by Crippen LogP contribution is -2.43. The highest BCUT2D eigenvalue weighted by molar-refractivity contribution is 5.90. The van der Waals surface area contributed by atoms with Crippen molar-refractivity contribution in [3.8, 4) is 0 Å².